The lowest BCUT2D eigenvalue weighted by atomic mass is 10.0. The molecule has 0 bridgehead atoms. The molecule has 1 unspecified atom stereocenters. The maximum Gasteiger partial charge on any atom is 0.408 e. The van der Waals surface area contributed by atoms with Gasteiger partial charge in [-0.25, -0.2) is 4.79 Å². The predicted octanol–water partition coefficient (Wildman–Crippen LogP) is 2.22. The van der Waals surface area contributed by atoms with Crippen molar-refractivity contribution in [2.24, 2.45) is 5.92 Å². The summed E-state index contributed by atoms with van der Waals surface area (Å²) in [6, 6.07) is -1.02. The van der Waals surface area contributed by atoms with E-state index in [1.165, 1.54) is 13.8 Å². The lowest BCUT2D eigenvalue weighted by molar-refractivity contribution is -0.143. The van der Waals surface area contributed by atoms with E-state index in [-0.39, 0.29) is 24.5 Å². The zero-order valence-corrected chi connectivity index (χ0v) is 14.1. The van der Waals surface area contributed by atoms with Crippen LogP contribution in [0.1, 0.15) is 37.2 Å². The Morgan fingerprint density at radius 3 is 2.33 bits per heavy atom. The highest BCUT2D eigenvalue weighted by Crippen LogP contribution is 2.21. The minimum absolute atomic E-state index is 0.0735. The standard InChI is InChI=1S/C15H22F3N3O3/c1-8(2)5-12(14(23)24)19-13(22)6-11-9(3)20-21(10(11)4)7-15(16,17)18/h8,12H,5-7H2,1-4H3,(H,19,22)(H,23,24). The summed E-state index contributed by atoms with van der Waals surface area (Å²) in [5.41, 5.74) is 0.948. The van der Waals surface area contributed by atoms with Crippen LogP contribution >= 0.6 is 0 Å². The van der Waals surface area contributed by atoms with Gasteiger partial charge in [0.2, 0.25) is 5.91 Å². The summed E-state index contributed by atoms with van der Waals surface area (Å²) in [7, 11) is 0. The van der Waals surface area contributed by atoms with Crippen molar-refractivity contribution in [1.29, 1.82) is 0 Å². The molecule has 0 saturated heterocycles. The largest absolute Gasteiger partial charge is 0.480 e. The first-order valence-corrected chi connectivity index (χ1v) is 7.52. The van der Waals surface area contributed by atoms with Gasteiger partial charge in [0, 0.05) is 11.3 Å². The molecule has 1 atom stereocenters. The highest BCUT2D eigenvalue weighted by atomic mass is 19.4. The normalized spacial score (nSPS) is 13.2. The van der Waals surface area contributed by atoms with E-state index in [2.05, 4.69) is 10.4 Å². The number of carbonyl (C=O) groups is 2. The molecule has 136 valence electrons. The number of nitrogens with zero attached hydrogens (tertiary/aromatic N) is 2. The van der Waals surface area contributed by atoms with Gasteiger partial charge in [-0.3, -0.25) is 9.48 Å². The van der Waals surface area contributed by atoms with Crippen molar-refractivity contribution >= 4 is 11.9 Å². The van der Waals surface area contributed by atoms with Gasteiger partial charge in [0.25, 0.3) is 0 Å². The Kier molecular flexibility index (Phi) is 6.39. The molecule has 0 aliphatic carbocycles. The molecule has 6 nitrogen and oxygen atoms in total. The molecule has 24 heavy (non-hydrogen) atoms. The molecule has 1 heterocycles. The van der Waals surface area contributed by atoms with E-state index in [1.54, 1.807) is 0 Å². The van der Waals surface area contributed by atoms with Crippen molar-refractivity contribution in [3.05, 3.63) is 17.0 Å². The fourth-order valence-corrected chi connectivity index (χ4v) is 2.41. The van der Waals surface area contributed by atoms with Crippen LogP contribution in [-0.2, 0) is 22.6 Å². The first kappa shape index (κ1) is 20.0. The number of nitrogens with one attached hydrogen (secondary N) is 1. The summed E-state index contributed by atoms with van der Waals surface area (Å²) < 4.78 is 38.3. The minimum Gasteiger partial charge on any atom is -0.480 e. The van der Waals surface area contributed by atoms with Crippen LogP contribution in [0.4, 0.5) is 13.2 Å². The highest BCUT2D eigenvalue weighted by molar-refractivity contribution is 5.85. The van der Waals surface area contributed by atoms with Crippen LogP contribution in [0.3, 0.4) is 0 Å². The van der Waals surface area contributed by atoms with Crippen molar-refractivity contribution in [2.45, 2.75) is 59.3 Å². The lowest BCUT2D eigenvalue weighted by Crippen LogP contribution is -2.42. The molecule has 1 aromatic heterocycles. The third kappa shape index (κ3) is 5.86. The van der Waals surface area contributed by atoms with E-state index in [1.807, 2.05) is 13.8 Å². The van der Waals surface area contributed by atoms with Crippen LogP contribution in [0.25, 0.3) is 0 Å². The van der Waals surface area contributed by atoms with Crippen LogP contribution < -0.4 is 5.32 Å². The van der Waals surface area contributed by atoms with Gasteiger partial charge in [-0.1, -0.05) is 13.8 Å². The molecule has 0 radical (unpaired) electrons. The molecule has 2 N–H and O–H groups in total. The molecular weight excluding hydrogens is 327 g/mol. The molecule has 0 aliphatic heterocycles. The van der Waals surface area contributed by atoms with Crippen molar-refractivity contribution in [1.82, 2.24) is 15.1 Å². The van der Waals surface area contributed by atoms with Gasteiger partial charge in [0.1, 0.15) is 12.6 Å². The summed E-state index contributed by atoms with van der Waals surface area (Å²) >= 11 is 0. The quantitative estimate of drug-likeness (QED) is 0.791. The number of rotatable bonds is 7. The number of carboxylic acid groups (broad SMARTS) is 1. The number of hydrogen-bond donors (Lipinski definition) is 2. The molecular formula is C15H22F3N3O3. The van der Waals surface area contributed by atoms with Gasteiger partial charge in [-0.2, -0.15) is 18.3 Å². The van der Waals surface area contributed by atoms with Gasteiger partial charge in [0.05, 0.1) is 12.1 Å². The van der Waals surface area contributed by atoms with Crippen LogP contribution in [0.15, 0.2) is 0 Å². The Morgan fingerprint density at radius 2 is 1.88 bits per heavy atom. The summed E-state index contributed by atoms with van der Waals surface area (Å²) in [4.78, 5) is 23.2. The average Bonchev–Trinajstić information content (AvgIpc) is 2.63. The van der Waals surface area contributed by atoms with Gasteiger partial charge < -0.3 is 10.4 Å². The van der Waals surface area contributed by atoms with Crippen molar-refractivity contribution in [2.75, 3.05) is 0 Å². The SMILES string of the molecule is Cc1nn(CC(F)(F)F)c(C)c1CC(=O)NC(CC(C)C)C(=O)O. The zero-order valence-electron chi connectivity index (χ0n) is 14.1. The smallest absolute Gasteiger partial charge is 0.408 e. The number of aromatic nitrogens is 2. The van der Waals surface area contributed by atoms with E-state index in [9.17, 15) is 22.8 Å². The number of carbonyl (C=O) groups excluding carboxylic acids is 1. The summed E-state index contributed by atoms with van der Waals surface area (Å²) in [5.74, 6) is -1.62. The first-order valence-electron chi connectivity index (χ1n) is 7.52. The van der Waals surface area contributed by atoms with Gasteiger partial charge in [0.15, 0.2) is 0 Å². The lowest BCUT2D eigenvalue weighted by Gasteiger charge is -2.16. The fourth-order valence-electron chi connectivity index (χ4n) is 2.41. The van der Waals surface area contributed by atoms with Crippen LogP contribution in [0.2, 0.25) is 0 Å². The topological polar surface area (TPSA) is 84.2 Å². The average molecular weight is 349 g/mol. The van der Waals surface area contributed by atoms with Crippen molar-refractivity contribution in [3.8, 4) is 0 Å². The zero-order chi connectivity index (χ0) is 18.7. The molecule has 0 aromatic carbocycles. The number of alkyl halides is 3. The highest BCUT2D eigenvalue weighted by Gasteiger charge is 2.30. The van der Waals surface area contributed by atoms with E-state index >= 15 is 0 Å². The number of carboxylic acids is 1. The van der Waals surface area contributed by atoms with Crippen molar-refractivity contribution in [3.63, 3.8) is 0 Å². The van der Waals surface area contributed by atoms with Gasteiger partial charge in [-0.05, 0) is 26.2 Å². The monoisotopic (exact) mass is 349 g/mol. The predicted molar refractivity (Wildman–Crippen MR) is 80.5 cm³/mol. The molecule has 0 fully saturated rings. The first-order chi connectivity index (χ1) is 10.9. The van der Waals surface area contributed by atoms with E-state index in [4.69, 9.17) is 5.11 Å². The van der Waals surface area contributed by atoms with Gasteiger partial charge in [-0.15, -0.1) is 0 Å². The second-order valence-corrected chi connectivity index (χ2v) is 6.19. The molecule has 9 heteroatoms. The maximum absolute atomic E-state index is 12.5. The Bertz CT molecular complexity index is 609. The molecule has 0 aliphatic rings. The number of aryl methyl sites for hydroxylation is 1. The molecule has 1 aromatic rings. The second kappa shape index (κ2) is 7.67. The Hall–Kier alpha value is -2.06. The number of halogens is 3. The molecule has 0 spiro atoms. The Morgan fingerprint density at radius 1 is 1.29 bits per heavy atom. The summed E-state index contributed by atoms with van der Waals surface area (Å²) in [6.07, 6.45) is -4.35. The van der Waals surface area contributed by atoms with Crippen LogP contribution in [0.5, 0.6) is 0 Å². The van der Waals surface area contributed by atoms with Crippen LogP contribution in [0, 0.1) is 19.8 Å². The third-order valence-electron chi connectivity index (χ3n) is 3.54. The van der Waals surface area contributed by atoms with Gasteiger partial charge >= 0.3 is 12.1 Å². The summed E-state index contributed by atoms with van der Waals surface area (Å²) in [5, 5.41) is 15.3. The molecule has 0 saturated carbocycles. The van der Waals surface area contributed by atoms with E-state index < -0.39 is 30.6 Å². The summed E-state index contributed by atoms with van der Waals surface area (Å²) in [6.45, 7) is 5.41. The number of amides is 1. The van der Waals surface area contributed by atoms with E-state index in [0.29, 0.717) is 11.3 Å². The Balaban J connectivity index is 2.85. The van der Waals surface area contributed by atoms with E-state index in [0.717, 1.165) is 4.68 Å². The third-order valence-corrected chi connectivity index (χ3v) is 3.54. The number of hydrogen-bond acceptors (Lipinski definition) is 3. The second-order valence-electron chi connectivity index (χ2n) is 6.19. The maximum atomic E-state index is 12.5. The minimum atomic E-state index is -4.41. The Labute approximate surface area is 138 Å². The van der Waals surface area contributed by atoms with Crippen LogP contribution in [-0.4, -0.2) is 39.0 Å². The number of aliphatic carboxylic acids is 1. The molecule has 1 rings (SSSR count). The van der Waals surface area contributed by atoms with Crippen molar-refractivity contribution < 1.29 is 27.9 Å². The fraction of sp³-hybridized carbons (Fsp3) is 0.667. The molecule has 1 amide bonds.